The Balaban J connectivity index is 1.35. The molecule has 2 amide bonds. The summed E-state index contributed by atoms with van der Waals surface area (Å²) in [7, 11) is 0. The largest absolute Gasteiger partial charge is 0.450 e. The molecule has 0 spiro atoms. The third-order valence-corrected chi connectivity index (χ3v) is 6.53. The second-order valence-electron chi connectivity index (χ2n) is 9.51. The number of anilines is 1. The fourth-order valence-electron chi connectivity index (χ4n) is 4.39. The third kappa shape index (κ3) is 5.29. The van der Waals surface area contributed by atoms with Crippen molar-refractivity contribution in [2.75, 3.05) is 37.7 Å². The van der Waals surface area contributed by atoms with E-state index in [1.165, 1.54) is 24.0 Å². The summed E-state index contributed by atoms with van der Waals surface area (Å²) >= 11 is 0. The summed E-state index contributed by atoms with van der Waals surface area (Å²) in [6.45, 7) is 10.9. The molecule has 1 saturated heterocycles. The summed E-state index contributed by atoms with van der Waals surface area (Å²) in [5, 5.41) is 2.86. The van der Waals surface area contributed by atoms with E-state index in [1.807, 2.05) is 49.2 Å². The zero-order chi connectivity index (χ0) is 23.6. The lowest BCUT2D eigenvalue weighted by atomic mass is 9.93. The fourth-order valence-corrected chi connectivity index (χ4v) is 4.39. The van der Waals surface area contributed by atoms with Gasteiger partial charge >= 0.3 is 6.09 Å². The van der Waals surface area contributed by atoms with Crippen molar-refractivity contribution in [3.05, 3.63) is 58.8 Å². The van der Waals surface area contributed by atoms with Crippen LogP contribution in [0.1, 0.15) is 66.6 Å². The summed E-state index contributed by atoms with van der Waals surface area (Å²) in [5.74, 6) is 1.77. The first-order valence-corrected chi connectivity index (χ1v) is 11.8. The van der Waals surface area contributed by atoms with Gasteiger partial charge in [-0.2, -0.15) is 0 Å². The zero-order valence-electron chi connectivity index (χ0n) is 20.1. The van der Waals surface area contributed by atoms with E-state index in [0.717, 1.165) is 24.5 Å². The molecule has 2 aromatic rings. The predicted octanol–water partition coefficient (Wildman–Crippen LogP) is 4.21. The van der Waals surface area contributed by atoms with Crippen LogP contribution in [0.15, 0.2) is 36.5 Å². The van der Waals surface area contributed by atoms with Gasteiger partial charge in [0.05, 0.1) is 12.1 Å². The molecule has 1 saturated carbocycles. The van der Waals surface area contributed by atoms with E-state index in [-0.39, 0.29) is 5.91 Å². The van der Waals surface area contributed by atoms with E-state index >= 15 is 0 Å². The maximum absolute atomic E-state index is 13.1. The van der Waals surface area contributed by atoms with Gasteiger partial charge in [0, 0.05) is 37.9 Å². The number of hydrogen-bond acceptors (Lipinski definition) is 5. The highest BCUT2D eigenvalue weighted by Gasteiger charge is 2.28. The quantitative estimate of drug-likeness (QED) is 0.714. The number of carbonyl (C=O) groups excluding carboxylic acids is 2. The van der Waals surface area contributed by atoms with Crippen LogP contribution in [0, 0.1) is 6.92 Å². The molecule has 0 atom stereocenters. The summed E-state index contributed by atoms with van der Waals surface area (Å²) < 4.78 is 4.99. The highest BCUT2D eigenvalue weighted by molar-refractivity contribution is 5.94. The van der Waals surface area contributed by atoms with Gasteiger partial charge in [-0.1, -0.05) is 18.2 Å². The number of aromatic nitrogens is 1. The molecule has 2 fully saturated rings. The topological polar surface area (TPSA) is 74.8 Å². The van der Waals surface area contributed by atoms with E-state index in [4.69, 9.17) is 9.72 Å². The van der Waals surface area contributed by atoms with Gasteiger partial charge in [0.15, 0.2) is 0 Å². The molecule has 1 aliphatic carbocycles. The highest BCUT2D eigenvalue weighted by atomic mass is 16.5. The first-order valence-electron chi connectivity index (χ1n) is 11.8. The zero-order valence-corrected chi connectivity index (χ0v) is 20.1. The van der Waals surface area contributed by atoms with Gasteiger partial charge in [-0.3, -0.25) is 4.79 Å². The average molecular weight is 451 g/mol. The second kappa shape index (κ2) is 9.41. The Morgan fingerprint density at radius 1 is 1.12 bits per heavy atom. The summed E-state index contributed by atoms with van der Waals surface area (Å²) in [4.78, 5) is 33.8. The molecule has 1 aliphatic heterocycles. The molecular weight excluding hydrogens is 416 g/mol. The summed E-state index contributed by atoms with van der Waals surface area (Å²) in [5.41, 5.74) is 3.54. The Morgan fingerprint density at radius 3 is 2.36 bits per heavy atom. The van der Waals surface area contributed by atoms with Crippen molar-refractivity contribution in [2.45, 2.75) is 52.0 Å². The number of rotatable bonds is 6. The maximum atomic E-state index is 13.1. The first-order chi connectivity index (χ1) is 15.8. The molecule has 2 heterocycles. The number of ether oxygens (including phenoxy) is 1. The van der Waals surface area contributed by atoms with Crippen molar-refractivity contribution in [2.24, 2.45) is 0 Å². The van der Waals surface area contributed by atoms with E-state index in [0.29, 0.717) is 31.2 Å². The lowest BCUT2D eigenvalue weighted by Gasteiger charge is -2.36. The fraction of sp³-hybridized carbons (Fsp3) is 0.500. The van der Waals surface area contributed by atoms with Crippen LogP contribution < -0.4 is 10.2 Å². The Hall–Kier alpha value is -3.09. The number of benzene rings is 1. The molecule has 7 nitrogen and oxygen atoms in total. The number of amides is 2. The predicted molar refractivity (Wildman–Crippen MR) is 129 cm³/mol. The molecule has 176 valence electrons. The Bertz CT molecular complexity index is 1010. The van der Waals surface area contributed by atoms with Gasteiger partial charge in [0.25, 0.3) is 5.91 Å². The Kier molecular flexibility index (Phi) is 6.58. The van der Waals surface area contributed by atoms with E-state index in [1.54, 1.807) is 6.92 Å². The number of nitrogens with one attached hydrogen (secondary N) is 1. The van der Waals surface area contributed by atoms with Gasteiger partial charge in [0.2, 0.25) is 0 Å². The lowest BCUT2D eigenvalue weighted by Crippen LogP contribution is -2.49. The number of aryl methyl sites for hydroxylation is 1. The maximum Gasteiger partial charge on any atom is 0.407 e. The normalized spacial score (nSPS) is 16.5. The van der Waals surface area contributed by atoms with E-state index in [9.17, 15) is 9.59 Å². The second-order valence-corrected chi connectivity index (χ2v) is 9.51. The van der Waals surface area contributed by atoms with Crippen LogP contribution in [-0.2, 0) is 10.3 Å². The minimum absolute atomic E-state index is 0.0334. The van der Waals surface area contributed by atoms with Crippen LogP contribution in [0.4, 0.5) is 10.6 Å². The SMILES string of the molecule is CCOC(=O)NC(C)(C)c1ccc(C(=O)N2CCN(c3ncc(C4CC4)cc3C)CC2)cc1. The van der Waals surface area contributed by atoms with Crippen LogP contribution in [-0.4, -0.2) is 54.7 Å². The van der Waals surface area contributed by atoms with Crippen LogP contribution in [0.3, 0.4) is 0 Å². The molecule has 1 aromatic heterocycles. The van der Waals surface area contributed by atoms with Crippen LogP contribution in [0.5, 0.6) is 0 Å². The van der Waals surface area contributed by atoms with Gasteiger partial charge in [-0.25, -0.2) is 9.78 Å². The molecule has 1 aromatic carbocycles. The van der Waals surface area contributed by atoms with Crippen LogP contribution in [0.25, 0.3) is 0 Å². The third-order valence-electron chi connectivity index (χ3n) is 6.53. The molecule has 0 unspecified atom stereocenters. The average Bonchev–Trinajstić information content (AvgIpc) is 3.64. The van der Waals surface area contributed by atoms with Gasteiger partial charge in [0.1, 0.15) is 5.82 Å². The van der Waals surface area contributed by atoms with Crippen molar-refractivity contribution in [1.29, 1.82) is 0 Å². The first kappa shape index (κ1) is 23.1. The monoisotopic (exact) mass is 450 g/mol. The molecule has 7 heteroatoms. The molecule has 0 radical (unpaired) electrons. The van der Waals surface area contributed by atoms with Crippen molar-refractivity contribution in [1.82, 2.24) is 15.2 Å². The summed E-state index contributed by atoms with van der Waals surface area (Å²) in [6, 6.07) is 9.73. The molecule has 0 bridgehead atoms. The van der Waals surface area contributed by atoms with Gasteiger partial charge in [-0.05, 0) is 75.3 Å². The van der Waals surface area contributed by atoms with Crippen LogP contribution >= 0.6 is 0 Å². The van der Waals surface area contributed by atoms with Crippen molar-refractivity contribution in [3.63, 3.8) is 0 Å². The molecule has 2 aliphatic rings. The van der Waals surface area contributed by atoms with Crippen molar-refractivity contribution in [3.8, 4) is 0 Å². The van der Waals surface area contributed by atoms with Gasteiger partial charge in [-0.15, -0.1) is 0 Å². The Morgan fingerprint density at radius 2 is 1.79 bits per heavy atom. The lowest BCUT2D eigenvalue weighted by molar-refractivity contribution is 0.0746. The number of nitrogens with zero attached hydrogens (tertiary/aromatic N) is 3. The van der Waals surface area contributed by atoms with E-state index < -0.39 is 11.6 Å². The molecule has 33 heavy (non-hydrogen) atoms. The number of hydrogen-bond donors (Lipinski definition) is 1. The molecular formula is C26H34N4O3. The van der Waals surface area contributed by atoms with Crippen LogP contribution in [0.2, 0.25) is 0 Å². The van der Waals surface area contributed by atoms with E-state index in [2.05, 4.69) is 23.2 Å². The molecule has 4 rings (SSSR count). The highest BCUT2D eigenvalue weighted by Crippen LogP contribution is 2.40. The number of piperazine rings is 1. The standard InChI is InChI=1S/C26H34N4O3/c1-5-33-25(32)28-26(3,4)22-10-8-20(9-11-22)24(31)30-14-12-29(13-15-30)23-18(2)16-21(17-27-23)19-6-7-19/h8-11,16-17,19H,5-7,12-15H2,1-4H3,(H,28,32). The molecule has 1 N–H and O–H groups in total. The van der Waals surface area contributed by atoms with Gasteiger partial charge < -0.3 is 19.9 Å². The minimum atomic E-state index is -0.598. The minimum Gasteiger partial charge on any atom is -0.450 e. The smallest absolute Gasteiger partial charge is 0.407 e. The Labute approximate surface area is 196 Å². The number of carbonyl (C=O) groups is 2. The van der Waals surface area contributed by atoms with Crippen molar-refractivity contribution < 1.29 is 14.3 Å². The number of pyridine rings is 1. The summed E-state index contributed by atoms with van der Waals surface area (Å²) in [6.07, 6.45) is 4.13. The number of alkyl carbamates (subject to hydrolysis) is 1. The van der Waals surface area contributed by atoms with Crippen molar-refractivity contribution >= 4 is 17.8 Å².